The smallest absolute Gasteiger partial charge is 0.375 e. The van der Waals surface area contributed by atoms with E-state index < -0.39 is 29.0 Å². The molecule has 3 heterocycles. The molecule has 232 valence electrons. The van der Waals surface area contributed by atoms with Crippen LogP contribution < -0.4 is 0 Å². The zero-order valence-corrected chi connectivity index (χ0v) is 25.6. The number of hydrogen-bond acceptors (Lipinski definition) is 9. The lowest BCUT2D eigenvalue weighted by Gasteiger charge is -2.60. The third-order valence-electron chi connectivity index (χ3n) is 11.1. The first-order chi connectivity index (χ1) is 21.1. The molecule has 0 saturated heterocycles. The number of carbonyl (C=O) groups excluding carboxylic acids is 2. The molecule has 3 saturated carbocycles. The molecule has 4 aliphatic carbocycles. The molecule has 7 rings (SSSR count). The van der Waals surface area contributed by atoms with Crippen LogP contribution in [0.25, 0.3) is 11.8 Å². The summed E-state index contributed by atoms with van der Waals surface area (Å²) < 4.78 is 26.8. The summed E-state index contributed by atoms with van der Waals surface area (Å²) in [6, 6.07) is 6.10. The van der Waals surface area contributed by atoms with Crippen molar-refractivity contribution >= 4 is 28.9 Å². The molecule has 3 fully saturated rings. The van der Waals surface area contributed by atoms with E-state index in [0.717, 1.165) is 35.9 Å². The van der Waals surface area contributed by atoms with Gasteiger partial charge in [-0.3, -0.25) is 4.79 Å². The van der Waals surface area contributed by atoms with Gasteiger partial charge in [-0.05, 0) is 97.6 Å². The van der Waals surface area contributed by atoms with Crippen LogP contribution in [-0.2, 0) is 16.0 Å². The summed E-state index contributed by atoms with van der Waals surface area (Å²) in [5.74, 6) is -0.903. The van der Waals surface area contributed by atoms with E-state index in [2.05, 4.69) is 23.1 Å². The minimum absolute atomic E-state index is 0.0283. The van der Waals surface area contributed by atoms with E-state index in [1.807, 2.05) is 13.1 Å². The summed E-state index contributed by atoms with van der Waals surface area (Å²) in [6.07, 6.45) is 9.90. The second-order valence-corrected chi connectivity index (χ2v) is 14.3. The maximum absolute atomic E-state index is 13.9. The van der Waals surface area contributed by atoms with Crippen LogP contribution in [0, 0.1) is 34.5 Å². The Morgan fingerprint density at radius 2 is 2.07 bits per heavy atom. The maximum Gasteiger partial charge on any atom is 0.375 e. The summed E-state index contributed by atoms with van der Waals surface area (Å²) in [5.41, 5.74) is 1.39. The Bertz CT molecular complexity index is 1620. The average molecular weight is 622 g/mol. The Balaban J connectivity index is 1.22. The quantitative estimate of drug-likeness (QED) is 0.289. The minimum Gasteiger partial charge on any atom is -0.457 e. The van der Waals surface area contributed by atoms with Crippen LogP contribution in [-0.4, -0.2) is 60.1 Å². The molecule has 2 N–H and O–H groups in total. The number of aliphatic hydroxyl groups excluding tert-OH is 2. The lowest BCUT2D eigenvalue weighted by Crippen LogP contribution is -2.62. The maximum atomic E-state index is 13.9. The van der Waals surface area contributed by atoms with Crippen molar-refractivity contribution in [3.05, 3.63) is 71.5 Å². The average Bonchev–Trinajstić information content (AvgIpc) is 3.73. The van der Waals surface area contributed by atoms with Crippen molar-refractivity contribution in [3.63, 3.8) is 0 Å². The van der Waals surface area contributed by atoms with Gasteiger partial charge < -0.3 is 19.4 Å². The van der Waals surface area contributed by atoms with Crippen LogP contribution in [0.1, 0.15) is 67.8 Å². The van der Waals surface area contributed by atoms with Crippen molar-refractivity contribution < 1.29 is 33.3 Å². The number of allylic oxidation sites excluding steroid dienone is 1. The Morgan fingerprint density at radius 3 is 2.80 bits per heavy atom. The van der Waals surface area contributed by atoms with Crippen LogP contribution in [0.15, 0.2) is 52.9 Å². The van der Waals surface area contributed by atoms with Gasteiger partial charge in [0.1, 0.15) is 0 Å². The molecule has 0 aliphatic heterocycles. The van der Waals surface area contributed by atoms with E-state index in [0.29, 0.717) is 31.4 Å². The molecule has 3 aromatic rings. The molecule has 11 heteroatoms. The fourth-order valence-corrected chi connectivity index (χ4v) is 10.2. The predicted molar refractivity (Wildman–Crippen MR) is 160 cm³/mol. The Hall–Kier alpha value is -3.28. The molecular formula is C33H36FN3O6S. The Kier molecular flexibility index (Phi) is 7.13. The van der Waals surface area contributed by atoms with E-state index in [1.165, 1.54) is 30.2 Å². The van der Waals surface area contributed by atoms with Crippen LogP contribution in [0.2, 0.25) is 0 Å². The lowest BCUT2D eigenvalue weighted by atomic mass is 9.45. The normalized spacial score (nSPS) is 33.9. The zero-order valence-electron chi connectivity index (χ0n) is 24.7. The topological polar surface area (TPSA) is 128 Å². The number of halogens is 1. The molecule has 0 radical (unpaired) electrons. The number of thioether (sulfide) groups is 1. The number of hydrogen-bond donors (Lipinski definition) is 2. The van der Waals surface area contributed by atoms with Gasteiger partial charge in [-0.2, -0.15) is 9.49 Å². The molecule has 0 bridgehead atoms. The van der Waals surface area contributed by atoms with Gasteiger partial charge in [-0.1, -0.05) is 31.2 Å². The molecule has 9 nitrogen and oxygen atoms in total. The second-order valence-electron chi connectivity index (χ2n) is 13.2. The molecule has 0 amide bonds. The van der Waals surface area contributed by atoms with Crippen molar-refractivity contribution in [2.24, 2.45) is 28.6 Å². The van der Waals surface area contributed by atoms with E-state index in [4.69, 9.17) is 9.15 Å². The van der Waals surface area contributed by atoms with E-state index >= 15 is 0 Å². The van der Waals surface area contributed by atoms with Crippen molar-refractivity contribution in [2.75, 3.05) is 12.4 Å². The number of aliphatic hydroxyl groups is 2. The molecule has 0 aromatic carbocycles. The van der Waals surface area contributed by atoms with Crippen LogP contribution in [0.4, 0.5) is 4.39 Å². The summed E-state index contributed by atoms with van der Waals surface area (Å²) in [6.45, 7) is 4.07. The SMILES string of the molecule is C[C@]12Cc3cnn(-c4ccc(F)nc4)c3C=C1CC[C@@H]1[C@@H]2[C@@H](O)C[C@@]2(C)[C@H]1CC[C@]2(OC(=O)c1ccco1)C(=O)SCCO. The Morgan fingerprint density at radius 1 is 1.23 bits per heavy atom. The van der Waals surface area contributed by atoms with Crippen molar-refractivity contribution in [1.29, 1.82) is 0 Å². The number of nitrogens with zero attached hydrogens (tertiary/aromatic N) is 3. The first kappa shape index (κ1) is 29.4. The highest BCUT2D eigenvalue weighted by atomic mass is 32.2. The number of aromatic nitrogens is 3. The number of esters is 1. The van der Waals surface area contributed by atoms with Crippen molar-refractivity contribution in [1.82, 2.24) is 14.8 Å². The molecule has 0 spiro atoms. The molecule has 44 heavy (non-hydrogen) atoms. The summed E-state index contributed by atoms with van der Waals surface area (Å²) in [7, 11) is 0. The fraction of sp³-hybridized carbons (Fsp3) is 0.515. The fourth-order valence-electron chi connectivity index (χ4n) is 9.27. The summed E-state index contributed by atoms with van der Waals surface area (Å²) >= 11 is 0.986. The monoisotopic (exact) mass is 621 g/mol. The van der Waals surface area contributed by atoms with Crippen LogP contribution in [0.5, 0.6) is 0 Å². The molecule has 3 aromatic heterocycles. The predicted octanol–water partition coefficient (Wildman–Crippen LogP) is 5.00. The number of furan rings is 1. The summed E-state index contributed by atoms with van der Waals surface area (Å²) in [4.78, 5) is 31.0. The van der Waals surface area contributed by atoms with Crippen molar-refractivity contribution in [3.8, 4) is 5.69 Å². The molecule has 0 unspecified atom stereocenters. The van der Waals surface area contributed by atoms with E-state index in [-0.39, 0.29) is 46.4 Å². The van der Waals surface area contributed by atoms with Gasteiger partial charge in [-0.25, -0.2) is 14.5 Å². The first-order valence-electron chi connectivity index (χ1n) is 15.2. The van der Waals surface area contributed by atoms with Gasteiger partial charge in [0, 0.05) is 11.2 Å². The summed E-state index contributed by atoms with van der Waals surface area (Å²) in [5, 5.41) is 25.9. The highest BCUT2D eigenvalue weighted by Crippen LogP contribution is 2.69. The van der Waals surface area contributed by atoms with Crippen molar-refractivity contribution in [2.45, 2.75) is 64.1 Å². The molecule has 7 atom stereocenters. The number of ether oxygens (including phenoxy) is 1. The van der Waals surface area contributed by atoms with E-state index in [1.54, 1.807) is 16.8 Å². The van der Waals surface area contributed by atoms with E-state index in [9.17, 15) is 24.2 Å². The molecular weight excluding hydrogens is 585 g/mol. The van der Waals surface area contributed by atoms with Crippen LogP contribution in [0.3, 0.4) is 0 Å². The Labute approximate surface area is 258 Å². The number of fused-ring (bicyclic) bond motifs is 6. The van der Waals surface area contributed by atoms with Crippen LogP contribution >= 0.6 is 11.8 Å². The van der Waals surface area contributed by atoms with Gasteiger partial charge in [0.05, 0.1) is 42.7 Å². The van der Waals surface area contributed by atoms with Gasteiger partial charge in [0.15, 0.2) is 5.60 Å². The number of pyridine rings is 1. The first-order valence-corrected chi connectivity index (χ1v) is 16.2. The third-order valence-corrected chi connectivity index (χ3v) is 12.1. The zero-order chi connectivity index (χ0) is 30.9. The third kappa shape index (κ3) is 4.26. The number of carbonyl (C=O) groups is 2. The lowest BCUT2D eigenvalue weighted by molar-refractivity contribution is -0.175. The largest absolute Gasteiger partial charge is 0.457 e. The molecule has 4 aliphatic rings. The highest BCUT2D eigenvalue weighted by molar-refractivity contribution is 8.13. The van der Waals surface area contributed by atoms with Gasteiger partial charge in [-0.15, -0.1) is 0 Å². The van der Waals surface area contributed by atoms with Gasteiger partial charge in [0.2, 0.25) is 16.8 Å². The second kappa shape index (κ2) is 10.7. The number of rotatable bonds is 6. The standard InChI is InChI=1S/C33H36FN3O6S/c1-31-15-19-17-36-37(21-6-8-27(34)35-18-21)24(19)14-20(31)5-7-22-23-9-10-33(30(41)44-13-11-38,32(23,2)16-25(39)28(22)31)43-29(40)26-4-3-12-42-26/h3-4,6,8,12,14,17-18,22-23,25,28,38-39H,5,7,9-11,13,15-16H2,1-2H3/t22-,23-,25-,28+,31-,32-,33-/m0/s1. The highest BCUT2D eigenvalue weighted by Gasteiger charge is 2.70. The van der Waals surface area contributed by atoms with Gasteiger partial charge >= 0.3 is 5.97 Å². The van der Waals surface area contributed by atoms with Gasteiger partial charge in [0.25, 0.3) is 0 Å². The minimum atomic E-state index is -1.45.